The van der Waals surface area contributed by atoms with Gasteiger partial charge in [0.15, 0.2) is 0 Å². The van der Waals surface area contributed by atoms with Crippen molar-refractivity contribution in [2.75, 3.05) is 5.32 Å². The van der Waals surface area contributed by atoms with Crippen LogP contribution in [0.1, 0.15) is 18.4 Å². The van der Waals surface area contributed by atoms with Crippen molar-refractivity contribution in [2.24, 2.45) is 5.92 Å². The van der Waals surface area contributed by atoms with Gasteiger partial charge in [-0.3, -0.25) is 0 Å². The third-order valence-corrected chi connectivity index (χ3v) is 4.21. The number of amides is 2. The second-order valence-corrected chi connectivity index (χ2v) is 6.09. The molecule has 5 nitrogen and oxygen atoms in total. The molecule has 0 saturated heterocycles. The summed E-state index contributed by atoms with van der Waals surface area (Å²) in [5, 5.41) is 14.7. The monoisotopic (exact) mass is 360 g/mol. The van der Waals surface area contributed by atoms with Gasteiger partial charge >= 0.3 is 12.0 Å². The Hall–Kier alpha value is -1.27. The summed E-state index contributed by atoms with van der Waals surface area (Å²) in [6.07, 6.45) is 1.66. The van der Waals surface area contributed by atoms with E-state index in [1.54, 1.807) is 12.1 Å². The SMILES string of the molecule is Cc1cc(Br)c(NC(=O)NC(C(=O)O)C2CC2)cc1Cl. The maximum absolute atomic E-state index is 11.9. The minimum absolute atomic E-state index is 0.0308. The summed E-state index contributed by atoms with van der Waals surface area (Å²) in [6.45, 7) is 1.85. The Kier molecular flexibility index (Phi) is 4.55. The van der Waals surface area contributed by atoms with Gasteiger partial charge in [-0.2, -0.15) is 0 Å². The number of carboxylic acid groups (broad SMARTS) is 1. The molecule has 2 rings (SSSR count). The molecule has 3 N–H and O–H groups in total. The minimum Gasteiger partial charge on any atom is -0.480 e. The fraction of sp³-hybridized carbons (Fsp3) is 0.385. The highest BCUT2D eigenvalue weighted by Crippen LogP contribution is 2.33. The summed E-state index contributed by atoms with van der Waals surface area (Å²) in [5.41, 5.74) is 1.38. The Bertz CT molecular complexity index is 561. The van der Waals surface area contributed by atoms with Gasteiger partial charge in [-0.1, -0.05) is 11.6 Å². The molecule has 1 unspecified atom stereocenters. The van der Waals surface area contributed by atoms with Gasteiger partial charge in [0, 0.05) is 9.50 Å². The van der Waals surface area contributed by atoms with Crippen LogP contribution in [0.25, 0.3) is 0 Å². The highest BCUT2D eigenvalue weighted by atomic mass is 79.9. The van der Waals surface area contributed by atoms with Crippen molar-refractivity contribution >= 4 is 45.2 Å². The molecule has 1 fully saturated rings. The lowest BCUT2D eigenvalue weighted by atomic mass is 10.2. The van der Waals surface area contributed by atoms with Crippen molar-refractivity contribution in [2.45, 2.75) is 25.8 Å². The van der Waals surface area contributed by atoms with Crippen LogP contribution in [0, 0.1) is 12.8 Å². The Labute approximate surface area is 129 Å². The van der Waals surface area contributed by atoms with E-state index in [0.29, 0.717) is 15.2 Å². The third-order valence-electron chi connectivity index (χ3n) is 3.14. The highest BCUT2D eigenvalue weighted by molar-refractivity contribution is 9.10. The number of rotatable bonds is 4. The first-order valence-corrected chi connectivity index (χ1v) is 7.31. The molecule has 1 atom stereocenters. The van der Waals surface area contributed by atoms with Gasteiger partial charge in [0.05, 0.1) is 5.69 Å². The molecule has 0 aliphatic heterocycles. The lowest BCUT2D eigenvalue weighted by molar-refractivity contribution is -0.139. The Morgan fingerprint density at radius 2 is 2.10 bits per heavy atom. The first-order valence-electron chi connectivity index (χ1n) is 6.14. The van der Waals surface area contributed by atoms with Crippen LogP contribution in [0.15, 0.2) is 16.6 Å². The van der Waals surface area contributed by atoms with Crippen LogP contribution in [0.2, 0.25) is 5.02 Å². The number of aliphatic carboxylic acids is 1. The summed E-state index contributed by atoms with van der Waals surface area (Å²) in [4.78, 5) is 22.9. The molecule has 108 valence electrons. The minimum atomic E-state index is -1.01. The number of benzene rings is 1. The number of hydrogen-bond acceptors (Lipinski definition) is 2. The molecule has 2 amide bonds. The maximum atomic E-state index is 11.9. The number of hydrogen-bond donors (Lipinski definition) is 3. The average Bonchev–Trinajstić information content (AvgIpc) is 3.17. The molecule has 20 heavy (non-hydrogen) atoms. The van der Waals surface area contributed by atoms with Crippen LogP contribution in [0.5, 0.6) is 0 Å². The van der Waals surface area contributed by atoms with Gasteiger partial charge in [-0.25, -0.2) is 9.59 Å². The molecule has 0 heterocycles. The smallest absolute Gasteiger partial charge is 0.326 e. The summed E-state index contributed by atoms with van der Waals surface area (Å²) in [6, 6.07) is 2.01. The molecule has 0 spiro atoms. The number of urea groups is 1. The summed E-state index contributed by atoms with van der Waals surface area (Å²) < 4.78 is 0.688. The molecule has 1 aliphatic carbocycles. The number of carbonyl (C=O) groups is 2. The Balaban J connectivity index is 2.04. The standard InChI is InChI=1S/C13H14BrClN2O3/c1-6-4-8(14)10(5-9(6)15)16-13(20)17-11(12(18)19)7-2-3-7/h4-5,7,11H,2-3H2,1H3,(H,18,19)(H2,16,17,20). The van der Waals surface area contributed by atoms with E-state index in [-0.39, 0.29) is 5.92 Å². The summed E-state index contributed by atoms with van der Waals surface area (Å²) in [7, 11) is 0. The van der Waals surface area contributed by atoms with Gasteiger partial charge in [-0.15, -0.1) is 0 Å². The van der Waals surface area contributed by atoms with E-state index >= 15 is 0 Å². The molecule has 0 bridgehead atoms. The number of halogens is 2. The normalized spacial score (nSPS) is 15.6. The number of nitrogens with one attached hydrogen (secondary N) is 2. The number of aryl methyl sites for hydroxylation is 1. The fourth-order valence-electron chi connectivity index (χ4n) is 1.85. The predicted octanol–water partition coefficient (Wildman–Crippen LogP) is 3.40. The van der Waals surface area contributed by atoms with Gasteiger partial charge in [-0.05, 0) is 59.3 Å². The van der Waals surface area contributed by atoms with Gasteiger partial charge in [0.25, 0.3) is 0 Å². The number of anilines is 1. The van der Waals surface area contributed by atoms with E-state index in [0.717, 1.165) is 18.4 Å². The largest absolute Gasteiger partial charge is 0.480 e. The lowest BCUT2D eigenvalue weighted by Gasteiger charge is -2.15. The average molecular weight is 362 g/mol. The molecule has 1 aromatic carbocycles. The van der Waals surface area contributed by atoms with Gasteiger partial charge < -0.3 is 15.7 Å². The molecular weight excluding hydrogens is 348 g/mol. The van der Waals surface area contributed by atoms with Gasteiger partial charge in [0.1, 0.15) is 6.04 Å². The zero-order valence-electron chi connectivity index (χ0n) is 10.7. The lowest BCUT2D eigenvalue weighted by Crippen LogP contribution is -2.44. The van der Waals surface area contributed by atoms with Crippen molar-refractivity contribution < 1.29 is 14.7 Å². The van der Waals surface area contributed by atoms with Crippen LogP contribution < -0.4 is 10.6 Å². The first-order chi connectivity index (χ1) is 9.38. The quantitative estimate of drug-likeness (QED) is 0.769. The predicted molar refractivity (Wildman–Crippen MR) is 80.2 cm³/mol. The van der Waals surface area contributed by atoms with Crippen LogP contribution >= 0.6 is 27.5 Å². The Morgan fingerprint density at radius 3 is 2.65 bits per heavy atom. The van der Waals surface area contributed by atoms with E-state index in [9.17, 15) is 9.59 Å². The van der Waals surface area contributed by atoms with Crippen molar-refractivity contribution in [3.8, 4) is 0 Å². The number of carbonyl (C=O) groups excluding carboxylic acids is 1. The number of carboxylic acids is 1. The molecule has 1 saturated carbocycles. The van der Waals surface area contributed by atoms with Crippen LogP contribution in [-0.4, -0.2) is 23.1 Å². The zero-order chi connectivity index (χ0) is 14.9. The van der Waals surface area contributed by atoms with E-state index in [1.165, 1.54) is 0 Å². The molecule has 7 heteroatoms. The molecular formula is C13H14BrClN2O3. The zero-order valence-corrected chi connectivity index (χ0v) is 13.1. The molecule has 0 aromatic heterocycles. The van der Waals surface area contributed by atoms with Crippen molar-refractivity contribution in [1.82, 2.24) is 5.32 Å². The van der Waals surface area contributed by atoms with E-state index in [1.807, 2.05) is 6.92 Å². The second kappa shape index (κ2) is 6.01. The third kappa shape index (κ3) is 3.64. The van der Waals surface area contributed by atoms with Crippen LogP contribution in [0.4, 0.5) is 10.5 Å². The summed E-state index contributed by atoms with van der Waals surface area (Å²) in [5.74, 6) is -0.980. The molecule has 1 aliphatic rings. The van der Waals surface area contributed by atoms with Crippen molar-refractivity contribution in [3.63, 3.8) is 0 Å². The molecule has 1 aromatic rings. The van der Waals surface area contributed by atoms with Crippen LogP contribution in [-0.2, 0) is 4.79 Å². The van der Waals surface area contributed by atoms with Crippen molar-refractivity contribution in [1.29, 1.82) is 0 Å². The van der Waals surface area contributed by atoms with E-state index in [2.05, 4.69) is 26.6 Å². The highest BCUT2D eigenvalue weighted by Gasteiger charge is 2.37. The van der Waals surface area contributed by atoms with Gasteiger partial charge in [0.2, 0.25) is 0 Å². The Morgan fingerprint density at radius 1 is 1.45 bits per heavy atom. The van der Waals surface area contributed by atoms with E-state index < -0.39 is 18.0 Å². The van der Waals surface area contributed by atoms with E-state index in [4.69, 9.17) is 16.7 Å². The van der Waals surface area contributed by atoms with Crippen LogP contribution in [0.3, 0.4) is 0 Å². The topological polar surface area (TPSA) is 78.4 Å². The first kappa shape index (κ1) is 15.1. The maximum Gasteiger partial charge on any atom is 0.326 e. The summed E-state index contributed by atoms with van der Waals surface area (Å²) >= 11 is 9.33. The fourth-order valence-corrected chi connectivity index (χ4v) is 2.57. The second-order valence-electron chi connectivity index (χ2n) is 4.83. The van der Waals surface area contributed by atoms with Crippen molar-refractivity contribution in [3.05, 3.63) is 27.2 Å². The molecule has 0 radical (unpaired) electrons.